The van der Waals surface area contributed by atoms with Crippen molar-refractivity contribution in [3.63, 3.8) is 0 Å². The largest absolute Gasteiger partial charge is 0.399 e. The Morgan fingerprint density at radius 3 is 1.49 bits per heavy atom. The van der Waals surface area contributed by atoms with Gasteiger partial charge in [0.15, 0.2) is 0 Å². The van der Waals surface area contributed by atoms with Gasteiger partial charge in [0.05, 0.1) is 24.2 Å². The highest BCUT2D eigenvalue weighted by Gasteiger charge is 2.42. The average Bonchev–Trinajstić information content (AvgIpc) is 3.52. The van der Waals surface area contributed by atoms with Crippen LogP contribution in [-0.2, 0) is 28.5 Å². The monoisotopic (exact) mass is 491 g/mol. The molecule has 1 fully saturated rings. The van der Waals surface area contributed by atoms with E-state index in [2.05, 4.69) is 30.4 Å². The van der Waals surface area contributed by atoms with Crippen LogP contribution in [-0.4, -0.2) is 70.8 Å². The number of hydrogen-bond acceptors (Lipinski definition) is 9. The first kappa shape index (κ1) is 29.4. The predicted molar refractivity (Wildman–Crippen MR) is 128 cm³/mol. The molecule has 0 saturated carbocycles. The van der Waals surface area contributed by atoms with Crippen LogP contribution in [0.1, 0.15) is 42.4 Å². The molecule has 2 atom stereocenters. The molecular weight excluding hydrogens is 454 g/mol. The summed E-state index contributed by atoms with van der Waals surface area (Å²) in [6.45, 7) is 13.2. The van der Waals surface area contributed by atoms with E-state index in [0.717, 1.165) is 33.7 Å². The molecule has 0 aromatic carbocycles. The zero-order valence-electron chi connectivity index (χ0n) is 22.5. The van der Waals surface area contributed by atoms with Crippen molar-refractivity contribution in [3.8, 4) is 0 Å². The highest BCUT2D eigenvalue weighted by atomic mass is 16.7. The van der Waals surface area contributed by atoms with Gasteiger partial charge < -0.3 is 9.40 Å². The molecule has 0 bridgehead atoms. The van der Waals surface area contributed by atoms with Gasteiger partial charge >= 0.3 is 0 Å². The molecule has 0 aliphatic carbocycles. The lowest BCUT2D eigenvalue weighted by Gasteiger charge is -2.08. The Hall–Kier alpha value is -3.61. The number of rotatable bonds is 2. The number of aryl methyl sites for hydroxylation is 5. The number of hydrogen-bond donors (Lipinski definition) is 0. The number of carbonyl (C=O) groups is 2. The van der Waals surface area contributed by atoms with E-state index in [9.17, 15) is 9.59 Å². The number of imide groups is 1. The third-order valence-electron chi connectivity index (χ3n) is 5.77. The van der Waals surface area contributed by atoms with Crippen molar-refractivity contribution in [2.75, 3.05) is 14.2 Å². The number of hydroxylamine groups is 2. The van der Waals surface area contributed by atoms with E-state index in [-0.39, 0.29) is 23.7 Å². The molecule has 2 unspecified atom stereocenters. The molecule has 0 radical (unpaired) electrons. The van der Waals surface area contributed by atoms with Crippen LogP contribution < -0.4 is 4.84 Å². The zero-order valence-corrected chi connectivity index (χ0v) is 22.5. The topological polar surface area (TPSA) is 135 Å². The maximum absolute atomic E-state index is 11.1. The summed E-state index contributed by atoms with van der Waals surface area (Å²) in [4.78, 5) is 37.1. The van der Waals surface area contributed by atoms with Crippen LogP contribution in [0.15, 0.2) is 12.4 Å². The molecule has 1 aliphatic rings. The first-order chi connectivity index (χ1) is 16.4. The Balaban J connectivity index is 0.000000236. The number of imidazole rings is 1. The fourth-order valence-electron chi connectivity index (χ4n) is 2.59. The molecular formula is C22H37N9O4. The fourth-order valence-corrected chi connectivity index (χ4v) is 2.59. The maximum atomic E-state index is 11.1. The smallest absolute Gasteiger partial charge is 0.257 e. The Bertz CT molecular complexity index is 1050. The van der Waals surface area contributed by atoms with Gasteiger partial charge in [0.1, 0.15) is 18.6 Å². The van der Waals surface area contributed by atoms with E-state index in [1.54, 1.807) is 31.8 Å². The number of aromatic nitrogens is 8. The third-order valence-corrected chi connectivity index (χ3v) is 5.77. The minimum absolute atomic E-state index is 0.245. The Morgan fingerprint density at radius 2 is 1.31 bits per heavy atom. The van der Waals surface area contributed by atoms with Crippen molar-refractivity contribution in [1.82, 2.24) is 44.8 Å². The lowest BCUT2D eigenvalue weighted by atomic mass is 10.00. The van der Waals surface area contributed by atoms with E-state index in [4.69, 9.17) is 4.84 Å². The van der Waals surface area contributed by atoms with Crippen LogP contribution in [0.2, 0.25) is 0 Å². The highest BCUT2D eigenvalue weighted by molar-refractivity contribution is 6.03. The lowest BCUT2D eigenvalue weighted by molar-refractivity contribution is -0.181. The van der Waals surface area contributed by atoms with Crippen LogP contribution in [0.5, 0.6) is 0 Å². The molecule has 13 nitrogen and oxygen atoms in total. The minimum Gasteiger partial charge on any atom is -0.399 e. The summed E-state index contributed by atoms with van der Waals surface area (Å²) in [5.41, 5.74) is 3.98. The van der Waals surface area contributed by atoms with Crippen LogP contribution in [0, 0.1) is 46.5 Å². The first-order valence-corrected chi connectivity index (χ1v) is 11.0. The predicted octanol–water partition coefficient (Wildman–Crippen LogP) is 1.30. The second kappa shape index (κ2) is 13.3. The van der Waals surface area contributed by atoms with E-state index in [1.807, 2.05) is 59.5 Å². The molecule has 1 aliphatic heterocycles. The van der Waals surface area contributed by atoms with Crippen molar-refractivity contribution >= 4 is 11.8 Å². The van der Waals surface area contributed by atoms with Crippen LogP contribution in [0.4, 0.5) is 0 Å². The van der Waals surface area contributed by atoms with Crippen molar-refractivity contribution in [3.05, 3.63) is 41.0 Å². The van der Waals surface area contributed by atoms with E-state index < -0.39 is 0 Å². The Morgan fingerprint density at radius 1 is 0.800 bits per heavy atom. The molecule has 3 aromatic heterocycles. The van der Waals surface area contributed by atoms with Gasteiger partial charge in [0.25, 0.3) is 11.8 Å². The maximum Gasteiger partial charge on any atom is 0.257 e. The second-order valence-corrected chi connectivity index (χ2v) is 8.02. The van der Waals surface area contributed by atoms with Gasteiger partial charge in [0, 0.05) is 38.3 Å². The number of carbonyl (C=O) groups excluding carboxylic acids is 2. The van der Waals surface area contributed by atoms with Crippen molar-refractivity contribution in [1.29, 1.82) is 0 Å². The summed E-state index contributed by atoms with van der Waals surface area (Å²) in [5, 5.41) is 15.9. The van der Waals surface area contributed by atoms with Crippen molar-refractivity contribution in [2.24, 2.45) is 25.9 Å². The lowest BCUT2D eigenvalue weighted by Crippen LogP contribution is -2.29. The zero-order chi connectivity index (χ0) is 26.9. The third kappa shape index (κ3) is 7.70. The highest BCUT2D eigenvalue weighted by Crippen LogP contribution is 2.24. The fraction of sp³-hybridized carbons (Fsp3) is 0.591. The van der Waals surface area contributed by atoms with E-state index in [1.165, 1.54) is 12.0 Å². The SMILES string of the molecule is CON1C(=O)C(C)C(C)C1=O.COn1nnc(C)c1C.Cc1nccn1C.Cc1nnn(C)c1C. The molecule has 2 amide bonds. The Labute approximate surface area is 205 Å². The summed E-state index contributed by atoms with van der Waals surface area (Å²) in [5.74, 6) is 0.0694. The molecule has 13 heteroatoms. The van der Waals surface area contributed by atoms with Crippen LogP contribution in [0.25, 0.3) is 0 Å². The van der Waals surface area contributed by atoms with Gasteiger partial charge in [-0.05, 0) is 39.8 Å². The number of amides is 2. The quantitative estimate of drug-likeness (QED) is 0.486. The second-order valence-electron chi connectivity index (χ2n) is 8.02. The summed E-state index contributed by atoms with van der Waals surface area (Å²) in [6, 6.07) is 0. The summed E-state index contributed by atoms with van der Waals surface area (Å²) < 4.78 is 3.73. The summed E-state index contributed by atoms with van der Waals surface area (Å²) in [7, 11) is 6.74. The number of nitrogens with zero attached hydrogens (tertiary/aromatic N) is 9. The van der Waals surface area contributed by atoms with Gasteiger partial charge in [0.2, 0.25) is 0 Å². The van der Waals surface area contributed by atoms with E-state index in [0.29, 0.717) is 0 Å². The van der Waals surface area contributed by atoms with Crippen LogP contribution >= 0.6 is 0 Å². The average molecular weight is 492 g/mol. The van der Waals surface area contributed by atoms with Gasteiger partial charge in [-0.15, -0.1) is 10.2 Å². The van der Waals surface area contributed by atoms with Gasteiger partial charge in [-0.1, -0.05) is 23.9 Å². The molecule has 35 heavy (non-hydrogen) atoms. The standard InChI is InChI=1S/C7H11NO3.C5H9N3O.C5H9N3.C5H8N2/c1-4-5(2)7(10)8(11-3)6(4)9;1-4-5(2)8(9-3)7-6-4;1-4-5(2)8(3)7-6-4;1-5-6-3-4-7(5)2/h4-5H,1-3H3;1-3H3;1-3H3;3-4H,1-2H3. The van der Waals surface area contributed by atoms with E-state index >= 15 is 0 Å². The Kier molecular flexibility index (Phi) is 11.2. The molecule has 4 heterocycles. The molecule has 1 saturated heterocycles. The van der Waals surface area contributed by atoms with Gasteiger partial charge in [-0.25, -0.2) is 4.98 Å². The summed E-state index contributed by atoms with van der Waals surface area (Å²) >= 11 is 0. The molecule has 3 aromatic rings. The molecule has 4 rings (SSSR count). The van der Waals surface area contributed by atoms with Gasteiger partial charge in [-0.2, -0.15) is 5.06 Å². The molecule has 0 spiro atoms. The first-order valence-electron chi connectivity index (χ1n) is 11.0. The van der Waals surface area contributed by atoms with Crippen LogP contribution in [0.3, 0.4) is 0 Å². The van der Waals surface area contributed by atoms with Crippen molar-refractivity contribution in [2.45, 2.75) is 48.5 Å². The molecule has 0 N–H and O–H groups in total. The van der Waals surface area contributed by atoms with Crippen molar-refractivity contribution < 1.29 is 19.3 Å². The van der Waals surface area contributed by atoms with Gasteiger partial charge in [-0.3, -0.25) is 19.1 Å². The normalized spacial score (nSPS) is 16.6. The minimum atomic E-state index is -0.248. The molecule has 194 valence electrons. The summed E-state index contributed by atoms with van der Waals surface area (Å²) in [6.07, 6.45) is 3.71.